The van der Waals surface area contributed by atoms with Gasteiger partial charge >= 0.3 is 0 Å². The van der Waals surface area contributed by atoms with E-state index >= 15 is 0 Å². The molecule has 1 atom stereocenters. The number of aliphatic hydroxyl groups excluding tert-OH is 1. The van der Waals surface area contributed by atoms with Crippen molar-refractivity contribution in [3.63, 3.8) is 0 Å². The maximum absolute atomic E-state index is 12.8. The summed E-state index contributed by atoms with van der Waals surface area (Å²) in [5.74, 6) is 0. The molecule has 1 unspecified atom stereocenters. The molecule has 0 amide bonds. The van der Waals surface area contributed by atoms with Crippen LogP contribution in [0.4, 0.5) is 0 Å². The van der Waals surface area contributed by atoms with Crippen LogP contribution in [-0.4, -0.2) is 40.6 Å². The van der Waals surface area contributed by atoms with Crippen molar-refractivity contribution in [2.24, 2.45) is 0 Å². The van der Waals surface area contributed by atoms with E-state index in [1.54, 1.807) is 11.2 Å². The van der Waals surface area contributed by atoms with E-state index in [-0.39, 0.29) is 17.7 Å². The van der Waals surface area contributed by atoms with Crippen molar-refractivity contribution >= 4 is 10.0 Å². The van der Waals surface area contributed by atoms with Crippen molar-refractivity contribution in [1.82, 2.24) is 14.5 Å². The van der Waals surface area contributed by atoms with Gasteiger partial charge in [0.25, 0.3) is 10.0 Å². The molecule has 0 aliphatic carbocycles. The fraction of sp³-hybridized carbons (Fsp3) is 0.769. The monoisotopic (exact) mass is 301 g/mol. The van der Waals surface area contributed by atoms with Crippen LogP contribution in [0.3, 0.4) is 0 Å². The molecule has 0 spiro atoms. The van der Waals surface area contributed by atoms with E-state index in [1.807, 2.05) is 6.92 Å². The maximum atomic E-state index is 12.8. The number of nitrogens with zero attached hydrogens (tertiary/aromatic N) is 2. The van der Waals surface area contributed by atoms with Gasteiger partial charge in [-0.3, -0.25) is 5.10 Å². The summed E-state index contributed by atoms with van der Waals surface area (Å²) in [5, 5.41) is 16.0. The Hall–Kier alpha value is -0.920. The fourth-order valence-electron chi connectivity index (χ4n) is 2.82. The fourth-order valence-corrected chi connectivity index (χ4v) is 4.74. The van der Waals surface area contributed by atoms with Crippen LogP contribution in [0.1, 0.15) is 50.3 Å². The van der Waals surface area contributed by atoms with Crippen molar-refractivity contribution in [2.45, 2.75) is 63.6 Å². The van der Waals surface area contributed by atoms with Gasteiger partial charge in [0.05, 0.1) is 6.61 Å². The first-order valence-corrected chi connectivity index (χ1v) is 8.63. The lowest BCUT2D eigenvalue weighted by Gasteiger charge is -2.27. The Kier molecular flexibility index (Phi) is 4.82. The van der Waals surface area contributed by atoms with E-state index in [0.717, 1.165) is 32.1 Å². The summed E-state index contributed by atoms with van der Waals surface area (Å²) < 4.78 is 27.2. The second kappa shape index (κ2) is 6.24. The molecule has 6 nitrogen and oxygen atoms in total. The highest BCUT2D eigenvalue weighted by Gasteiger charge is 2.35. The molecule has 2 heterocycles. The first kappa shape index (κ1) is 15.5. The molecule has 1 aromatic heterocycles. The zero-order valence-corrected chi connectivity index (χ0v) is 12.9. The van der Waals surface area contributed by atoms with Gasteiger partial charge in [0.15, 0.2) is 5.03 Å². The third kappa shape index (κ3) is 2.75. The number of aromatic nitrogens is 2. The molecule has 2 N–H and O–H groups in total. The largest absolute Gasteiger partial charge is 0.392 e. The summed E-state index contributed by atoms with van der Waals surface area (Å²) >= 11 is 0. The number of hydrogen-bond acceptors (Lipinski definition) is 4. The minimum atomic E-state index is -3.64. The number of aromatic amines is 1. The number of rotatable bonds is 4. The average Bonchev–Trinajstić information content (AvgIpc) is 2.65. The Morgan fingerprint density at radius 1 is 1.40 bits per heavy atom. The van der Waals surface area contributed by atoms with E-state index in [4.69, 9.17) is 0 Å². The molecule has 20 heavy (non-hydrogen) atoms. The summed E-state index contributed by atoms with van der Waals surface area (Å²) in [6, 6.07) is 0.0334. The molecule has 114 valence electrons. The van der Waals surface area contributed by atoms with Crippen molar-refractivity contribution in [3.05, 3.63) is 11.3 Å². The van der Waals surface area contributed by atoms with Crippen molar-refractivity contribution < 1.29 is 13.5 Å². The van der Waals surface area contributed by atoms with E-state index in [1.165, 1.54) is 0 Å². The highest BCUT2D eigenvalue weighted by Crippen LogP contribution is 2.27. The molecule has 2 rings (SSSR count). The van der Waals surface area contributed by atoms with E-state index < -0.39 is 10.0 Å². The molecule has 1 aliphatic heterocycles. The highest BCUT2D eigenvalue weighted by atomic mass is 32.2. The lowest BCUT2D eigenvalue weighted by atomic mass is 10.1. The summed E-state index contributed by atoms with van der Waals surface area (Å²) in [4.78, 5) is 0. The molecule has 0 aromatic carbocycles. The van der Waals surface area contributed by atoms with Crippen molar-refractivity contribution in [3.8, 4) is 0 Å². The lowest BCUT2D eigenvalue weighted by Crippen LogP contribution is -2.40. The Balaban J connectivity index is 2.41. The maximum Gasteiger partial charge on any atom is 0.263 e. The second-order valence-electron chi connectivity index (χ2n) is 5.32. The molecule has 1 saturated heterocycles. The van der Waals surface area contributed by atoms with Gasteiger partial charge in [-0.05, 0) is 26.2 Å². The summed E-state index contributed by atoms with van der Waals surface area (Å²) in [7, 11) is -3.64. The van der Waals surface area contributed by atoms with E-state index in [0.29, 0.717) is 17.8 Å². The molecule has 1 fully saturated rings. The Morgan fingerprint density at radius 2 is 2.15 bits per heavy atom. The first-order valence-electron chi connectivity index (χ1n) is 7.19. The number of H-pyrrole nitrogens is 1. The third-order valence-electron chi connectivity index (χ3n) is 4.04. The standard InChI is InChI=1S/C13H23N3O3S/c1-3-11-7-5-4-6-8-16(11)20(18,19)13-12(9-17)10(2)14-15-13/h11,17H,3-9H2,1-2H3,(H,14,15). The minimum Gasteiger partial charge on any atom is -0.392 e. The number of hydrogen-bond donors (Lipinski definition) is 2. The van der Waals surface area contributed by atoms with Gasteiger partial charge < -0.3 is 5.11 Å². The number of nitrogens with one attached hydrogen (secondary N) is 1. The quantitative estimate of drug-likeness (QED) is 0.883. The zero-order chi connectivity index (χ0) is 14.8. The zero-order valence-electron chi connectivity index (χ0n) is 12.1. The summed E-state index contributed by atoms with van der Waals surface area (Å²) in [6.07, 6.45) is 4.71. The molecule has 0 radical (unpaired) electrons. The van der Waals surface area contributed by atoms with Crippen LogP contribution < -0.4 is 0 Å². The molecule has 7 heteroatoms. The van der Waals surface area contributed by atoms with Gasteiger partial charge in [-0.2, -0.15) is 9.40 Å². The van der Waals surface area contributed by atoms with Gasteiger partial charge in [0, 0.05) is 23.8 Å². The molecule has 1 aliphatic rings. The van der Waals surface area contributed by atoms with Gasteiger partial charge in [-0.25, -0.2) is 8.42 Å². The van der Waals surface area contributed by atoms with Gasteiger partial charge in [0.2, 0.25) is 0 Å². The van der Waals surface area contributed by atoms with Gasteiger partial charge in [-0.15, -0.1) is 0 Å². The molecular formula is C13H23N3O3S. The molecular weight excluding hydrogens is 278 g/mol. The Bertz CT molecular complexity index is 553. The van der Waals surface area contributed by atoms with Crippen molar-refractivity contribution in [2.75, 3.05) is 6.54 Å². The lowest BCUT2D eigenvalue weighted by molar-refractivity contribution is 0.275. The van der Waals surface area contributed by atoms with Crippen LogP contribution in [0.25, 0.3) is 0 Å². The number of aryl methyl sites for hydroxylation is 1. The summed E-state index contributed by atoms with van der Waals surface area (Å²) in [6.45, 7) is 3.96. The van der Waals surface area contributed by atoms with Gasteiger partial charge in [0.1, 0.15) is 0 Å². The van der Waals surface area contributed by atoms with Crippen LogP contribution in [-0.2, 0) is 16.6 Å². The molecule has 1 aromatic rings. The number of aliphatic hydroxyl groups is 1. The second-order valence-corrected chi connectivity index (χ2v) is 7.12. The average molecular weight is 301 g/mol. The minimum absolute atomic E-state index is 0.0159. The predicted octanol–water partition coefficient (Wildman–Crippen LogP) is 1.55. The SMILES string of the molecule is CCC1CCCCCN1S(=O)(=O)c1n[nH]c(C)c1CO. The highest BCUT2D eigenvalue weighted by molar-refractivity contribution is 7.89. The molecule has 0 bridgehead atoms. The normalized spacial score (nSPS) is 21.9. The van der Waals surface area contributed by atoms with Crippen molar-refractivity contribution in [1.29, 1.82) is 0 Å². The number of sulfonamides is 1. The van der Waals surface area contributed by atoms with Gasteiger partial charge in [-0.1, -0.05) is 19.8 Å². The predicted molar refractivity (Wildman–Crippen MR) is 75.7 cm³/mol. The van der Waals surface area contributed by atoms with Crippen LogP contribution in [0, 0.1) is 6.92 Å². The first-order chi connectivity index (χ1) is 9.52. The topological polar surface area (TPSA) is 86.3 Å². The van der Waals surface area contributed by atoms with Crippen LogP contribution in [0.5, 0.6) is 0 Å². The van der Waals surface area contributed by atoms with E-state index in [9.17, 15) is 13.5 Å². The van der Waals surface area contributed by atoms with Crippen LogP contribution in [0.2, 0.25) is 0 Å². The summed E-state index contributed by atoms with van der Waals surface area (Å²) in [5.41, 5.74) is 0.984. The Morgan fingerprint density at radius 3 is 2.80 bits per heavy atom. The Labute approximate surface area is 120 Å². The molecule has 0 saturated carbocycles. The third-order valence-corrected chi connectivity index (χ3v) is 5.97. The van der Waals surface area contributed by atoms with Crippen LogP contribution >= 0.6 is 0 Å². The smallest absolute Gasteiger partial charge is 0.263 e. The van der Waals surface area contributed by atoms with Crippen LogP contribution in [0.15, 0.2) is 5.03 Å². The van der Waals surface area contributed by atoms with E-state index in [2.05, 4.69) is 10.2 Å².